The second kappa shape index (κ2) is 5.68. The SMILES string of the molecule is CCC(C)(CN)N(C)C(=O)Nc1ccccc1. The summed E-state index contributed by atoms with van der Waals surface area (Å²) in [6.45, 7) is 4.46. The fraction of sp³-hybridized carbons (Fsp3) is 0.462. The lowest BCUT2D eigenvalue weighted by Gasteiger charge is -2.37. The molecule has 1 unspecified atom stereocenters. The number of urea groups is 1. The molecule has 17 heavy (non-hydrogen) atoms. The minimum Gasteiger partial charge on any atom is -0.328 e. The number of carbonyl (C=O) groups is 1. The average Bonchev–Trinajstić information content (AvgIpc) is 2.38. The van der Waals surface area contributed by atoms with Gasteiger partial charge in [-0.05, 0) is 25.5 Å². The highest BCUT2D eigenvalue weighted by molar-refractivity contribution is 5.89. The van der Waals surface area contributed by atoms with Crippen LogP contribution in [0.15, 0.2) is 30.3 Å². The van der Waals surface area contributed by atoms with Gasteiger partial charge in [0.1, 0.15) is 0 Å². The van der Waals surface area contributed by atoms with Crippen LogP contribution in [0.5, 0.6) is 0 Å². The van der Waals surface area contributed by atoms with E-state index in [1.165, 1.54) is 0 Å². The Bertz CT molecular complexity index is 360. The summed E-state index contributed by atoms with van der Waals surface area (Å²) in [5, 5.41) is 2.85. The van der Waals surface area contributed by atoms with Gasteiger partial charge in [0.15, 0.2) is 0 Å². The van der Waals surface area contributed by atoms with Gasteiger partial charge in [-0.2, -0.15) is 0 Å². The molecule has 0 aliphatic carbocycles. The van der Waals surface area contributed by atoms with Crippen LogP contribution in [-0.2, 0) is 0 Å². The van der Waals surface area contributed by atoms with Gasteiger partial charge in [-0.15, -0.1) is 0 Å². The molecule has 3 N–H and O–H groups in total. The Balaban J connectivity index is 2.71. The van der Waals surface area contributed by atoms with Crippen molar-refractivity contribution in [3.8, 4) is 0 Å². The first-order chi connectivity index (χ1) is 8.03. The third-order valence-electron chi connectivity index (χ3n) is 3.34. The summed E-state index contributed by atoms with van der Waals surface area (Å²) < 4.78 is 0. The molecule has 1 aromatic rings. The van der Waals surface area contributed by atoms with E-state index in [2.05, 4.69) is 5.32 Å². The van der Waals surface area contributed by atoms with E-state index in [0.29, 0.717) is 6.54 Å². The monoisotopic (exact) mass is 235 g/mol. The maximum atomic E-state index is 12.0. The van der Waals surface area contributed by atoms with Gasteiger partial charge in [-0.3, -0.25) is 0 Å². The van der Waals surface area contributed by atoms with Gasteiger partial charge in [0, 0.05) is 19.3 Å². The molecule has 1 aromatic carbocycles. The number of amides is 2. The first-order valence-corrected chi connectivity index (χ1v) is 5.83. The molecule has 0 aromatic heterocycles. The van der Waals surface area contributed by atoms with E-state index in [-0.39, 0.29) is 11.6 Å². The maximum Gasteiger partial charge on any atom is 0.322 e. The van der Waals surface area contributed by atoms with Crippen molar-refractivity contribution in [2.45, 2.75) is 25.8 Å². The minimum absolute atomic E-state index is 0.133. The zero-order chi connectivity index (χ0) is 12.9. The number of benzene rings is 1. The van der Waals surface area contributed by atoms with Crippen LogP contribution in [-0.4, -0.2) is 30.1 Å². The molecule has 1 atom stereocenters. The van der Waals surface area contributed by atoms with Gasteiger partial charge >= 0.3 is 6.03 Å². The molecular weight excluding hydrogens is 214 g/mol. The number of nitrogens with zero attached hydrogens (tertiary/aromatic N) is 1. The molecule has 94 valence electrons. The van der Waals surface area contributed by atoms with Crippen molar-refractivity contribution in [3.05, 3.63) is 30.3 Å². The van der Waals surface area contributed by atoms with Crippen molar-refractivity contribution in [1.29, 1.82) is 0 Å². The van der Waals surface area contributed by atoms with Gasteiger partial charge in [-0.1, -0.05) is 25.1 Å². The number of rotatable bonds is 4. The summed E-state index contributed by atoms with van der Waals surface area (Å²) in [4.78, 5) is 13.7. The predicted molar refractivity (Wildman–Crippen MR) is 71.0 cm³/mol. The van der Waals surface area contributed by atoms with E-state index in [9.17, 15) is 4.79 Å². The van der Waals surface area contributed by atoms with Gasteiger partial charge in [0.25, 0.3) is 0 Å². The van der Waals surface area contributed by atoms with Crippen LogP contribution in [0.1, 0.15) is 20.3 Å². The third kappa shape index (κ3) is 3.20. The molecular formula is C13H21N3O. The molecule has 0 fully saturated rings. The molecule has 0 bridgehead atoms. The van der Waals surface area contributed by atoms with Crippen molar-refractivity contribution >= 4 is 11.7 Å². The van der Waals surface area contributed by atoms with E-state index in [0.717, 1.165) is 12.1 Å². The Morgan fingerprint density at radius 3 is 2.47 bits per heavy atom. The van der Waals surface area contributed by atoms with Crippen LogP contribution in [0.25, 0.3) is 0 Å². The molecule has 0 aliphatic rings. The van der Waals surface area contributed by atoms with Crippen LogP contribution >= 0.6 is 0 Å². The van der Waals surface area contributed by atoms with Gasteiger partial charge in [-0.25, -0.2) is 4.79 Å². The van der Waals surface area contributed by atoms with Crippen LogP contribution in [0.2, 0.25) is 0 Å². The largest absolute Gasteiger partial charge is 0.328 e. The first kappa shape index (κ1) is 13.5. The molecule has 1 rings (SSSR count). The highest BCUT2D eigenvalue weighted by Crippen LogP contribution is 2.17. The molecule has 4 nitrogen and oxygen atoms in total. The first-order valence-electron chi connectivity index (χ1n) is 5.83. The summed E-state index contributed by atoms with van der Waals surface area (Å²) >= 11 is 0. The van der Waals surface area contributed by atoms with Crippen molar-refractivity contribution in [2.75, 3.05) is 18.9 Å². The summed E-state index contributed by atoms with van der Waals surface area (Å²) in [7, 11) is 1.77. The van der Waals surface area contributed by atoms with Crippen molar-refractivity contribution in [3.63, 3.8) is 0 Å². The van der Waals surface area contributed by atoms with Crippen molar-refractivity contribution in [2.24, 2.45) is 5.73 Å². The molecule has 0 aliphatic heterocycles. The second-order valence-corrected chi connectivity index (χ2v) is 4.41. The zero-order valence-electron chi connectivity index (χ0n) is 10.7. The number of hydrogen-bond acceptors (Lipinski definition) is 2. The van der Waals surface area contributed by atoms with E-state index >= 15 is 0 Å². The lowest BCUT2D eigenvalue weighted by molar-refractivity contribution is 0.158. The van der Waals surface area contributed by atoms with Crippen molar-refractivity contribution < 1.29 is 4.79 Å². The Labute approximate surface area is 103 Å². The van der Waals surface area contributed by atoms with E-state index < -0.39 is 0 Å². The number of para-hydroxylation sites is 1. The maximum absolute atomic E-state index is 12.0. The molecule has 0 saturated heterocycles. The minimum atomic E-state index is -0.307. The van der Waals surface area contributed by atoms with E-state index in [4.69, 9.17) is 5.73 Å². The Morgan fingerprint density at radius 2 is 2.00 bits per heavy atom. The number of carbonyl (C=O) groups excluding carboxylic acids is 1. The van der Waals surface area contributed by atoms with Crippen LogP contribution in [0, 0.1) is 0 Å². The Morgan fingerprint density at radius 1 is 1.41 bits per heavy atom. The van der Waals surface area contributed by atoms with Crippen molar-refractivity contribution in [1.82, 2.24) is 4.90 Å². The van der Waals surface area contributed by atoms with Gasteiger partial charge in [0.05, 0.1) is 5.54 Å². The van der Waals surface area contributed by atoms with E-state index in [1.54, 1.807) is 11.9 Å². The summed E-state index contributed by atoms with van der Waals surface area (Å²) in [6, 6.07) is 9.27. The number of nitrogens with one attached hydrogen (secondary N) is 1. The topological polar surface area (TPSA) is 58.4 Å². The summed E-state index contributed by atoms with van der Waals surface area (Å²) in [5.41, 5.74) is 6.21. The average molecular weight is 235 g/mol. The number of hydrogen-bond donors (Lipinski definition) is 2. The van der Waals surface area contributed by atoms with Gasteiger partial charge in [0.2, 0.25) is 0 Å². The smallest absolute Gasteiger partial charge is 0.322 e. The Hall–Kier alpha value is -1.55. The van der Waals surface area contributed by atoms with Crippen LogP contribution in [0.4, 0.5) is 10.5 Å². The standard InChI is InChI=1S/C13H21N3O/c1-4-13(2,10-14)16(3)12(17)15-11-8-6-5-7-9-11/h5-9H,4,10,14H2,1-3H3,(H,15,17). The number of nitrogens with two attached hydrogens (primary N) is 1. The number of anilines is 1. The predicted octanol–water partition coefficient (Wildman–Crippen LogP) is 2.28. The zero-order valence-corrected chi connectivity index (χ0v) is 10.7. The highest BCUT2D eigenvalue weighted by Gasteiger charge is 2.29. The third-order valence-corrected chi connectivity index (χ3v) is 3.34. The summed E-state index contributed by atoms with van der Waals surface area (Å²) in [5.74, 6) is 0. The van der Waals surface area contributed by atoms with Crippen LogP contribution < -0.4 is 11.1 Å². The van der Waals surface area contributed by atoms with Crippen LogP contribution in [0.3, 0.4) is 0 Å². The fourth-order valence-electron chi connectivity index (χ4n) is 1.49. The molecule has 0 heterocycles. The second-order valence-electron chi connectivity index (χ2n) is 4.41. The molecule has 4 heteroatoms. The molecule has 0 saturated carbocycles. The lowest BCUT2D eigenvalue weighted by atomic mass is 9.97. The van der Waals surface area contributed by atoms with Gasteiger partial charge < -0.3 is 16.0 Å². The van der Waals surface area contributed by atoms with E-state index in [1.807, 2.05) is 44.2 Å². The molecule has 2 amide bonds. The highest BCUT2D eigenvalue weighted by atomic mass is 16.2. The Kier molecular flexibility index (Phi) is 4.52. The molecule has 0 spiro atoms. The fourth-order valence-corrected chi connectivity index (χ4v) is 1.49. The lowest BCUT2D eigenvalue weighted by Crippen LogP contribution is -2.53. The normalized spacial score (nSPS) is 13.9. The number of likely N-dealkylation sites (N-methyl/N-ethyl adjacent to an activating group) is 1. The quantitative estimate of drug-likeness (QED) is 0.841. The summed E-state index contributed by atoms with van der Waals surface area (Å²) in [6.07, 6.45) is 0.822. The molecule has 0 radical (unpaired) electrons.